The predicted octanol–water partition coefficient (Wildman–Crippen LogP) is 2.88. The minimum Gasteiger partial charge on any atom is -0.478 e. The molecule has 2 aromatic carbocycles. The highest BCUT2D eigenvalue weighted by molar-refractivity contribution is 5.92. The summed E-state index contributed by atoms with van der Waals surface area (Å²) in [5, 5.41) is 8.69. The molecule has 0 aliphatic rings. The molecule has 0 aliphatic carbocycles. The van der Waals surface area contributed by atoms with E-state index in [9.17, 15) is 14.0 Å². The van der Waals surface area contributed by atoms with Crippen molar-refractivity contribution in [3.63, 3.8) is 0 Å². The number of carbonyl (C=O) groups is 2. The van der Waals surface area contributed by atoms with Gasteiger partial charge in [0.1, 0.15) is 12.4 Å². The van der Waals surface area contributed by atoms with E-state index in [0.717, 1.165) is 17.7 Å². The first-order valence-electron chi connectivity index (χ1n) is 5.82. The highest BCUT2D eigenvalue weighted by Crippen LogP contribution is 2.12. The van der Waals surface area contributed by atoms with Crippen molar-refractivity contribution < 1.29 is 23.8 Å². The van der Waals surface area contributed by atoms with Crippen LogP contribution in [0.5, 0.6) is 0 Å². The summed E-state index contributed by atoms with van der Waals surface area (Å²) in [6.45, 7) is 0.0714. The summed E-state index contributed by atoms with van der Waals surface area (Å²) >= 11 is 0. The largest absolute Gasteiger partial charge is 0.478 e. The SMILES string of the molecule is O=C(OCc1ccccc1)c1ccc(C(=O)O)c(F)c1. The van der Waals surface area contributed by atoms with Gasteiger partial charge in [0.15, 0.2) is 0 Å². The second-order valence-electron chi connectivity index (χ2n) is 4.06. The molecule has 0 bridgehead atoms. The molecule has 0 aromatic heterocycles. The summed E-state index contributed by atoms with van der Waals surface area (Å²) in [5.41, 5.74) is 0.302. The maximum absolute atomic E-state index is 13.4. The van der Waals surface area contributed by atoms with Gasteiger partial charge in [0.05, 0.1) is 11.1 Å². The minimum absolute atomic E-state index is 0.0246. The molecule has 0 saturated heterocycles. The maximum atomic E-state index is 13.4. The van der Waals surface area contributed by atoms with Gasteiger partial charge in [-0.1, -0.05) is 30.3 Å². The van der Waals surface area contributed by atoms with Gasteiger partial charge in [0.25, 0.3) is 0 Å². The standard InChI is InChI=1S/C15H11FO4/c16-13-8-11(6-7-12(13)14(17)18)15(19)20-9-10-4-2-1-3-5-10/h1-8H,9H2,(H,17,18). The molecule has 0 unspecified atom stereocenters. The van der Waals surface area contributed by atoms with E-state index in [1.165, 1.54) is 6.07 Å². The van der Waals surface area contributed by atoms with Gasteiger partial charge in [-0.25, -0.2) is 14.0 Å². The Kier molecular flexibility index (Phi) is 4.10. The van der Waals surface area contributed by atoms with E-state index in [1.807, 2.05) is 18.2 Å². The van der Waals surface area contributed by atoms with Crippen molar-refractivity contribution in [3.05, 3.63) is 71.0 Å². The lowest BCUT2D eigenvalue weighted by molar-refractivity contribution is 0.0471. The molecule has 0 aliphatic heterocycles. The van der Waals surface area contributed by atoms with Gasteiger partial charge < -0.3 is 9.84 Å². The molecule has 0 spiro atoms. The van der Waals surface area contributed by atoms with E-state index in [1.54, 1.807) is 12.1 Å². The van der Waals surface area contributed by atoms with Crippen LogP contribution in [0.15, 0.2) is 48.5 Å². The predicted molar refractivity (Wildman–Crippen MR) is 68.9 cm³/mol. The Hall–Kier alpha value is -2.69. The average Bonchev–Trinajstić information content (AvgIpc) is 2.45. The number of hydrogen-bond acceptors (Lipinski definition) is 3. The second kappa shape index (κ2) is 5.97. The van der Waals surface area contributed by atoms with Crippen LogP contribution in [0.3, 0.4) is 0 Å². The lowest BCUT2D eigenvalue weighted by atomic mass is 10.1. The molecule has 2 rings (SSSR count). The van der Waals surface area contributed by atoms with Gasteiger partial charge in [0.2, 0.25) is 0 Å². The molecule has 102 valence electrons. The van der Waals surface area contributed by atoms with Gasteiger partial charge in [-0.2, -0.15) is 0 Å². The zero-order valence-corrected chi connectivity index (χ0v) is 10.4. The van der Waals surface area contributed by atoms with Crippen LogP contribution in [0, 0.1) is 5.82 Å². The summed E-state index contributed by atoms with van der Waals surface area (Å²) in [6, 6.07) is 12.2. The van der Waals surface area contributed by atoms with Crippen molar-refractivity contribution in [1.29, 1.82) is 0 Å². The van der Waals surface area contributed by atoms with Crippen molar-refractivity contribution in [2.24, 2.45) is 0 Å². The second-order valence-corrected chi connectivity index (χ2v) is 4.06. The summed E-state index contributed by atoms with van der Waals surface area (Å²) in [4.78, 5) is 22.4. The molecule has 0 amide bonds. The zero-order valence-electron chi connectivity index (χ0n) is 10.4. The van der Waals surface area contributed by atoms with Crippen LogP contribution in [0.4, 0.5) is 4.39 Å². The van der Waals surface area contributed by atoms with Crippen molar-refractivity contribution in [2.75, 3.05) is 0 Å². The fourth-order valence-electron chi connectivity index (χ4n) is 1.62. The molecule has 20 heavy (non-hydrogen) atoms. The molecular formula is C15H11FO4. The first-order valence-corrected chi connectivity index (χ1v) is 5.82. The molecule has 0 fully saturated rings. The Morgan fingerprint density at radius 2 is 1.80 bits per heavy atom. The lowest BCUT2D eigenvalue weighted by Gasteiger charge is -2.05. The molecule has 2 aromatic rings. The number of halogens is 1. The molecule has 1 N–H and O–H groups in total. The van der Waals surface area contributed by atoms with Crippen LogP contribution in [0.2, 0.25) is 0 Å². The third-order valence-electron chi connectivity index (χ3n) is 2.65. The summed E-state index contributed by atoms with van der Waals surface area (Å²) < 4.78 is 18.5. The van der Waals surface area contributed by atoms with Crippen LogP contribution in [-0.2, 0) is 11.3 Å². The third kappa shape index (κ3) is 3.20. The smallest absolute Gasteiger partial charge is 0.338 e. The number of aromatic carboxylic acids is 1. The van der Waals surface area contributed by atoms with Crippen LogP contribution >= 0.6 is 0 Å². The van der Waals surface area contributed by atoms with E-state index >= 15 is 0 Å². The normalized spacial score (nSPS) is 10.1. The Morgan fingerprint density at radius 3 is 2.40 bits per heavy atom. The van der Waals surface area contributed by atoms with Crippen molar-refractivity contribution in [2.45, 2.75) is 6.61 Å². The number of ether oxygens (including phenoxy) is 1. The van der Waals surface area contributed by atoms with Gasteiger partial charge in [-0.3, -0.25) is 0 Å². The van der Waals surface area contributed by atoms with E-state index in [-0.39, 0.29) is 12.2 Å². The third-order valence-corrected chi connectivity index (χ3v) is 2.65. The molecule has 4 nitrogen and oxygen atoms in total. The minimum atomic E-state index is -1.38. The number of esters is 1. The molecular weight excluding hydrogens is 263 g/mol. The average molecular weight is 274 g/mol. The van der Waals surface area contributed by atoms with Crippen LogP contribution < -0.4 is 0 Å². The molecule has 0 atom stereocenters. The maximum Gasteiger partial charge on any atom is 0.338 e. The van der Waals surface area contributed by atoms with Gasteiger partial charge in [-0.05, 0) is 23.8 Å². The van der Waals surface area contributed by atoms with Crippen LogP contribution in [0.1, 0.15) is 26.3 Å². The zero-order chi connectivity index (χ0) is 14.5. The monoisotopic (exact) mass is 274 g/mol. The fourth-order valence-corrected chi connectivity index (χ4v) is 1.62. The number of carboxylic acid groups (broad SMARTS) is 1. The summed E-state index contributed by atoms with van der Waals surface area (Å²) in [7, 11) is 0. The highest BCUT2D eigenvalue weighted by atomic mass is 19.1. The summed E-state index contributed by atoms with van der Waals surface area (Å²) in [5.74, 6) is -3.05. The van der Waals surface area contributed by atoms with Crippen LogP contribution in [0.25, 0.3) is 0 Å². The quantitative estimate of drug-likeness (QED) is 0.871. The Bertz CT molecular complexity index is 638. The molecule has 0 saturated carbocycles. The van der Waals surface area contributed by atoms with E-state index in [2.05, 4.69) is 0 Å². The van der Waals surface area contributed by atoms with Crippen molar-refractivity contribution in [3.8, 4) is 0 Å². The number of hydrogen-bond donors (Lipinski definition) is 1. The van der Waals surface area contributed by atoms with Crippen molar-refractivity contribution in [1.82, 2.24) is 0 Å². The van der Waals surface area contributed by atoms with Crippen molar-refractivity contribution >= 4 is 11.9 Å². The van der Waals surface area contributed by atoms with Gasteiger partial charge in [-0.15, -0.1) is 0 Å². The summed E-state index contributed by atoms with van der Waals surface area (Å²) in [6.07, 6.45) is 0. The number of benzene rings is 2. The molecule has 0 heterocycles. The Morgan fingerprint density at radius 1 is 1.10 bits per heavy atom. The Labute approximate surface area is 114 Å². The lowest BCUT2D eigenvalue weighted by Crippen LogP contribution is -2.08. The topological polar surface area (TPSA) is 63.6 Å². The van der Waals surface area contributed by atoms with E-state index in [0.29, 0.717) is 0 Å². The number of carboxylic acids is 1. The fraction of sp³-hybridized carbons (Fsp3) is 0.0667. The highest BCUT2D eigenvalue weighted by Gasteiger charge is 2.14. The number of rotatable bonds is 4. The molecule has 5 heteroatoms. The van der Waals surface area contributed by atoms with E-state index < -0.39 is 23.3 Å². The number of carbonyl (C=O) groups excluding carboxylic acids is 1. The Balaban J connectivity index is 2.06. The van der Waals surface area contributed by atoms with Gasteiger partial charge in [0, 0.05) is 0 Å². The van der Waals surface area contributed by atoms with E-state index in [4.69, 9.17) is 9.84 Å². The first-order chi connectivity index (χ1) is 9.58. The molecule has 0 radical (unpaired) electrons. The first kappa shape index (κ1) is 13.7. The van der Waals surface area contributed by atoms with Gasteiger partial charge >= 0.3 is 11.9 Å². The van der Waals surface area contributed by atoms with Crippen LogP contribution in [-0.4, -0.2) is 17.0 Å².